The Bertz CT molecular complexity index is 638. The van der Waals surface area contributed by atoms with E-state index in [1.165, 1.54) is 31.5 Å². The fourth-order valence-electron chi connectivity index (χ4n) is 1.71. The molecular weight excluding hydrogens is 289 g/mol. The summed E-state index contributed by atoms with van der Waals surface area (Å²) in [6.45, 7) is 0. The molecule has 0 atom stereocenters. The van der Waals surface area contributed by atoms with Crippen molar-refractivity contribution in [3.05, 3.63) is 47.5 Å². The number of esters is 1. The second kappa shape index (κ2) is 5.86. The number of carbonyl (C=O) groups is 1. The minimum Gasteiger partial charge on any atom is -0.464 e. The van der Waals surface area contributed by atoms with Gasteiger partial charge in [-0.15, -0.1) is 13.2 Å². The Labute approximate surface area is 117 Å². The third kappa shape index (κ3) is 4.23. The lowest BCUT2D eigenvalue weighted by atomic mass is 10.1. The lowest BCUT2D eigenvalue weighted by Crippen LogP contribution is -2.17. The summed E-state index contributed by atoms with van der Waals surface area (Å²) in [6.07, 6.45) is -3.20. The Kier molecular flexibility index (Phi) is 4.15. The van der Waals surface area contributed by atoms with Crippen LogP contribution in [0, 0.1) is 0 Å². The van der Waals surface area contributed by atoms with Crippen molar-refractivity contribution in [1.29, 1.82) is 0 Å². The second-order valence-corrected chi connectivity index (χ2v) is 4.11. The van der Waals surface area contributed by atoms with E-state index in [4.69, 9.17) is 0 Å². The van der Waals surface area contributed by atoms with E-state index in [1.54, 1.807) is 6.07 Å². The van der Waals surface area contributed by atoms with Gasteiger partial charge in [0.25, 0.3) is 0 Å². The summed E-state index contributed by atoms with van der Waals surface area (Å²) >= 11 is 0. The number of nitrogens with one attached hydrogen (secondary N) is 1. The number of nitrogens with zero attached hydrogens (tertiary/aromatic N) is 1. The van der Waals surface area contributed by atoms with Crippen LogP contribution in [0.5, 0.6) is 5.75 Å². The number of halogens is 3. The molecule has 1 heterocycles. The van der Waals surface area contributed by atoms with Gasteiger partial charge in [-0.1, -0.05) is 12.1 Å². The molecule has 0 spiro atoms. The van der Waals surface area contributed by atoms with Crippen LogP contribution in [-0.2, 0) is 11.2 Å². The van der Waals surface area contributed by atoms with Crippen LogP contribution in [0.1, 0.15) is 21.9 Å². The van der Waals surface area contributed by atoms with Crippen LogP contribution >= 0.6 is 0 Å². The van der Waals surface area contributed by atoms with Crippen LogP contribution in [0.3, 0.4) is 0 Å². The number of H-pyrrole nitrogens is 1. The highest BCUT2D eigenvalue weighted by atomic mass is 19.4. The van der Waals surface area contributed by atoms with Crippen molar-refractivity contribution in [1.82, 2.24) is 9.97 Å². The first-order valence-electron chi connectivity index (χ1n) is 5.84. The third-order valence-corrected chi connectivity index (χ3v) is 2.54. The van der Waals surface area contributed by atoms with Gasteiger partial charge in [-0.2, -0.15) is 0 Å². The van der Waals surface area contributed by atoms with Crippen molar-refractivity contribution in [2.75, 3.05) is 7.11 Å². The van der Waals surface area contributed by atoms with Crippen LogP contribution < -0.4 is 4.74 Å². The van der Waals surface area contributed by atoms with Gasteiger partial charge in [0.05, 0.1) is 13.3 Å². The van der Waals surface area contributed by atoms with Crippen molar-refractivity contribution < 1.29 is 27.4 Å². The van der Waals surface area contributed by atoms with E-state index in [0.29, 0.717) is 11.4 Å². The Morgan fingerprint density at radius 3 is 2.81 bits per heavy atom. The lowest BCUT2D eigenvalue weighted by molar-refractivity contribution is -0.274. The maximum Gasteiger partial charge on any atom is 0.573 e. The number of rotatable bonds is 4. The molecule has 0 fully saturated rings. The van der Waals surface area contributed by atoms with Gasteiger partial charge in [-0.25, -0.2) is 9.78 Å². The normalized spacial score (nSPS) is 11.2. The summed E-state index contributed by atoms with van der Waals surface area (Å²) in [5, 5.41) is 0. The predicted molar refractivity (Wildman–Crippen MR) is 65.9 cm³/mol. The number of methoxy groups -OCH3 is 1. The average Bonchev–Trinajstić information content (AvgIpc) is 2.84. The number of benzene rings is 1. The maximum absolute atomic E-state index is 12.1. The number of hydrogen-bond donors (Lipinski definition) is 1. The van der Waals surface area contributed by atoms with Gasteiger partial charge in [-0.3, -0.25) is 0 Å². The van der Waals surface area contributed by atoms with Crippen LogP contribution in [-0.4, -0.2) is 29.4 Å². The van der Waals surface area contributed by atoms with Crippen molar-refractivity contribution in [2.45, 2.75) is 12.8 Å². The van der Waals surface area contributed by atoms with Gasteiger partial charge < -0.3 is 14.5 Å². The SMILES string of the molecule is COC(=O)c1cnc(Cc2cccc(OC(F)(F)F)c2)[nH]1. The summed E-state index contributed by atoms with van der Waals surface area (Å²) in [6, 6.07) is 5.54. The quantitative estimate of drug-likeness (QED) is 0.882. The first-order chi connectivity index (χ1) is 9.87. The number of imidazole rings is 1. The third-order valence-electron chi connectivity index (χ3n) is 2.54. The number of hydrogen-bond acceptors (Lipinski definition) is 4. The molecule has 0 radical (unpaired) electrons. The molecule has 1 N–H and O–H groups in total. The van der Waals surface area contributed by atoms with Gasteiger partial charge in [0, 0.05) is 6.42 Å². The number of carbonyl (C=O) groups excluding carboxylic acids is 1. The fourth-order valence-corrected chi connectivity index (χ4v) is 1.71. The molecule has 1 aromatic heterocycles. The van der Waals surface area contributed by atoms with Gasteiger partial charge in [0.1, 0.15) is 17.3 Å². The van der Waals surface area contributed by atoms with E-state index < -0.39 is 12.3 Å². The molecule has 21 heavy (non-hydrogen) atoms. The molecule has 0 aliphatic heterocycles. The van der Waals surface area contributed by atoms with Gasteiger partial charge >= 0.3 is 12.3 Å². The summed E-state index contributed by atoms with van der Waals surface area (Å²) < 4.78 is 44.8. The molecule has 0 unspecified atom stereocenters. The standard InChI is InChI=1S/C13H11F3N2O3/c1-20-12(19)10-7-17-11(18-10)6-8-3-2-4-9(5-8)21-13(14,15)16/h2-5,7H,6H2,1H3,(H,17,18). The van der Waals surface area contributed by atoms with E-state index in [-0.39, 0.29) is 17.9 Å². The van der Waals surface area contributed by atoms with Crippen LogP contribution in [0.2, 0.25) is 0 Å². The van der Waals surface area contributed by atoms with E-state index in [2.05, 4.69) is 19.4 Å². The van der Waals surface area contributed by atoms with Crippen LogP contribution in [0.4, 0.5) is 13.2 Å². The smallest absolute Gasteiger partial charge is 0.464 e. The van der Waals surface area contributed by atoms with Crippen molar-refractivity contribution in [3.63, 3.8) is 0 Å². The van der Waals surface area contributed by atoms with E-state index in [1.807, 2.05) is 0 Å². The molecular formula is C13H11F3N2O3. The largest absolute Gasteiger partial charge is 0.573 e. The lowest BCUT2D eigenvalue weighted by Gasteiger charge is -2.09. The summed E-state index contributed by atoms with van der Waals surface area (Å²) in [5.74, 6) is -0.442. The van der Waals surface area contributed by atoms with Crippen molar-refractivity contribution >= 4 is 5.97 Å². The number of ether oxygens (including phenoxy) is 2. The Morgan fingerprint density at radius 1 is 1.38 bits per heavy atom. The number of aromatic amines is 1. The van der Waals surface area contributed by atoms with Crippen molar-refractivity contribution in [3.8, 4) is 5.75 Å². The molecule has 112 valence electrons. The molecule has 0 saturated heterocycles. The highest BCUT2D eigenvalue weighted by molar-refractivity contribution is 5.86. The molecule has 0 bridgehead atoms. The molecule has 1 aromatic carbocycles. The minimum atomic E-state index is -4.73. The first-order valence-corrected chi connectivity index (χ1v) is 5.84. The first kappa shape index (κ1) is 14.9. The molecule has 8 heteroatoms. The Morgan fingerprint density at radius 2 is 2.14 bits per heavy atom. The highest BCUT2D eigenvalue weighted by Crippen LogP contribution is 2.23. The zero-order valence-corrected chi connectivity index (χ0v) is 10.9. The van der Waals surface area contributed by atoms with Gasteiger partial charge in [0.15, 0.2) is 0 Å². The zero-order chi connectivity index (χ0) is 15.5. The van der Waals surface area contributed by atoms with Gasteiger partial charge in [0.2, 0.25) is 0 Å². The topological polar surface area (TPSA) is 64.2 Å². The molecule has 5 nitrogen and oxygen atoms in total. The van der Waals surface area contributed by atoms with Crippen LogP contribution in [0.15, 0.2) is 30.5 Å². The monoisotopic (exact) mass is 300 g/mol. The Hall–Kier alpha value is -2.51. The second-order valence-electron chi connectivity index (χ2n) is 4.11. The molecule has 0 amide bonds. The van der Waals surface area contributed by atoms with Crippen LogP contribution in [0.25, 0.3) is 0 Å². The summed E-state index contributed by atoms with van der Waals surface area (Å²) in [5.41, 5.74) is 0.734. The van der Waals surface area contributed by atoms with E-state index >= 15 is 0 Å². The summed E-state index contributed by atoms with van der Waals surface area (Å²) in [7, 11) is 1.24. The minimum absolute atomic E-state index is 0.176. The van der Waals surface area contributed by atoms with Crippen molar-refractivity contribution in [2.24, 2.45) is 0 Å². The fraction of sp³-hybridized carbons (Fsp3) is 0.231. The number of aromatic nitrogens is 2. The van der Waals surface area contributed by atoms with Gasteiger partial charge in [-0.05, 0) is 17.7 Å². The van der Waals surface area contributed by atoms with E-state index in [0.717, 1.165) is 0 Å². The Balaban J connectivity index is 2.11. The molecule has 0 aliphatic carbocycles. The molecule has 2 aromatic rings. The zero-order valence-electron chi connectivity index (χ0n) is 10.9. The maximum atomic E-state index is 12.1. The summed E-state index contributed by atoms with van der Waals surface area (Å²) in [4.78, 5) is 17.9. The molecule has 0 aliphatic rings. The predicted octanol–water partition coefficient (Wildman–Crippen LogP) is 2.69. The highest BCUT2D eigenvalue weighted by Gasteiger charge is 2.31. The molecule has 2 rings (SSSR count). The average molecular weight is 300 g/mol. The number of alkyl halides is 3. The molecule has 0 saturated carbocycles. The van der Waals surface area contributed by atoms with E-state index in [9.17, 15) is 18.0 Å².